The molecular weight excluding hydrogens is 278 g/mol. The second-order valence-electron chi connectivity index (χ2n) is 4.78. The third kappa shape index (κ3) is 3.71. The van der Waals surface area contributed by atoms with Crippen LogP contribution in [0.4, 0.5) is 0 Å². The van der Waals surface area contributed by atoms with Gasteiger partial charge in [-0.3, -0.25) is 0 Å². The Bertz CT molecular complexity index is 569. The molecule has 1 aromatic carbocycles. The Morgan fingerprint density at radius 2 is 2.20 bits per heavy atom. The molecule has 0 atom stereocenters. The van der Waals surface area contributed by atoms with Crippen molar-refractivity contribution in [3.05, 3.63) is 40.5 Å². The molecule has 0 unspecified atom stereocenters. The van der Waals surface area contributed by atoms with E-state index in [0.29, 0.717) is 29.7 Å². The summed E-state index contributed by atoms with van der Waals surface area (Å²) in [5, 5.41) is 4.55. The highest BCUT2D eigenvalue weighted by Gasteiger charge is 2.11. The molecule has 0 bridgehead atoms. The monoisotopic (exact) mass is 295 g/mol. The number of nitrogens with zero attached hydrogens (tertiary/aromatic N) is 2. The van der Waals surface area contributed by atoms with Gasteiger partial charge in [0.1, 0.15) is 5.75 Å². The summed E-state index contributed by atoms with van der Waals surface area (Å²) in [4.78, 5) is 4.26. The van der Waals surface area contributed by atoms with Crippen LogP contribution >= 0.6 is 11.6 Å². The average Bonchev–Trinajstić information content (AvgIpc) is 2.87. The number of hydrogen-bond acceptors (Lipinski definition) is 5. The molecule has 108 valence electrons. The van der Waals surface area contributed by atoms with E-state index >= 15 is 0 Å². The van der Waals surface area contributed by atoms with Gasteiger partial charge in [-0.05, 0) is 36.7 Å². The number of benzene rings is 1. The van der Waals surface area contributed by atoms with E-state index in [2.05, 4.69) is 10.1 Å². The SMILES string of the molecule is CC(C)c1nc(COc2ccc(Cl)cc2CCN)no1. The van der Waals surface area contributed by atoms with Gasteiger partial charge in [-0.15, -0.1) is 0 Å². The number of halogens is 1. The molecule has 5 nitrogen and oxygen atoms in total. The summed E-state index contributed by atoms with van der Waals surface area (Å²) in [7, 11) is 0. The van der Waals surface area contributed by atoms with Crippen molar-refractivity contribution in [1.29, 1.82) is 0 Å². The highest BCUT2D eigenvalue weighted by atomic mass is 35.5. The van der Waals surface area contributed by atoms with Crippen molar-refractivity contribution < 1.29 is 9.26 Å². The van der Waals surface area contributed by atoms with E-state index in [-0.39, 0.29) is 12.5 Å². The first kappa shape index (κ1) is 14.8. The van der Waals surface area contributed by atoms with Gasteiger partial charge >= 0.3 is 0 Å². The molecule has 1 aromatic heterocycles. The maximum atomic E-state index is 5.97. The third-order valence-corrected chi connectivity index (χ3v) is 3.01. The van der Waals surface area contributed by atoms with Crippen LogP contribution in [-0.2, 0) is 13.0 Å². The van der Waals surface area contributed by atoms with Crippen LogP contribution in [-0.4, -0.2) is 16.7 Å². The molecule has 2 rings (SSSR count). The van der Waals surface area contributed by atoms with Crippen molar-refractivity contribution in [3.8, 4) is 5.75 Å². The first-order chi connectivity index (χ1) is 9.60. The fraction of sp³-hybridized carbons (Fsp3) is 0.429. The largest absolute Gasteiger partial charge is 0.485 e. The van der Waals surface area contributed by atoms with E-state index in [9.17, 15) is 0 Å². The van der Waals surface area contributed by atoms with Crippen molar-refractivity contribution in [2.45, 2.75) is 32.8 Å². The number of hydrogen-bond donors (Lipinski definition) is 1. The molecule has 0 aliphatic rings. The van der Waals surface area contributed by atoms with Gasteiger partial charge in [-0.1, -0.05) is 30.6 Å². The number of rotatable bonds is 6. The molecule has 0 aliphatic carbocycles. The maximum absolute atomic E-state index is 5.97. The van der Waals surface area contributed by atoms with Crippen molar-refractivity contribution in [3.63, 3.8) is 0 Å². The Hall–Kier alpha value is -1.59. The molecule has 0 spiro atoms. The summed E-state index contributed by atoms with van der Waals surface area (Å²) >= 11 is 5.97. The topological polar surface area (TPSA) is 74.2 Å². The van der Waals surface area contributed by atoms with E-state index in [1.54, 1.807) is 6.07 Å². The zero-order valence-electron chi connectivity index (χ0n) is 11.6. The Morgan fingerprint density at radius 3 is 2.85 bits per heavy atom. The maximum Gasteiger partial charge on any atom is 0.229 e. The van der Waals surface area contributed by atoms with Crippen molar-refractivity contribution in [2.24, 2.45) is 5.73 Å². The van der Waals surface area contributed by atoms with Gasteiger partial charge in [0.15, 0.2) is 6.61 Å². The summed E-state index contributed by atoms with van der Waals surface area (Å²) in [5.74, 6) is 2.10. The van der Waals surface area contributed by atoms with E-state index in [4.69, 9.17) is 26.6 Å². The minimum atomic E-state index is 0.208. The third-order valence-electron chi connectivity index (χ3n) is 2.77. The van der Waals surface area contributed by atoms with Crippen LogP contribution in [0.2, 0.25) is 5.02 Å². The molecule has 0 saturated carbocycles. The van der Waals surface area contributed by atoms with Gasteiger partial charge in [0.05, 0.1) is 0 Å². The lowest BCUT2D eigenvalue weighted by molar-refractivity contribution is 0.282. The highest BCUT2D eigenvalue weighted by Crippen LogP contribution is 2.24. The highest BCUT2D eigenvalue weighted by molar-refractivity contribution is 6.30. The summed E-state index contributed by atoms with van der Waals surface area (Å²) in [5.41, 5.74) is 6.56. The number of ether oxygens (including phenoxy) is 1. The van der Waals surface area contributed by atoms with Gasteiger partial charge in [0.25, 0.3) is 0 Å². The van der Waals surface area contributed by atoms with Crippen LogP contribution in [0.5, 0.6) is 5.75 Å². The summed E-state index contributed by atoms with van der Waals surface area (Å²) in [6, 6.07) is 5.48. The van der Waals surface area contributed by atoms with Crippen molar-refractivity contribution >= 4 is 11.6 Å². The molecule has 0 amide bonds. The zero-order chi connectivity index (χ0) is 14.5. The van der Waals surface area contributed by atoms with E-state index in [0.717, 1.165) is 11.3 Å². The van der Waals surface area contributed by atoms with Crippen LogP contribution < -0.4 is 10.5 Å². The van der Waals surface area contributed by atoms with Gasteiger partial charge in [0, 0.05) is 10.9 Å². The molecule has 0 fully saturated rings. The van der Waals surface area contributed by atoms with Crippen molar-refractivity contribution in [1.82, 2.24) is 10.1 Å². The Balaban J connectivity index is 2.06. The smallest absolute Gasteiger partial charge is 0.229 e. The Kier molecular flexibility index (Phi) is 4.98. The number of nitrogens with two attached hydrogens (primary N) is 1. The first-order valence-corrected chi connectivity index (χ1v) is 6.91. The summed E-state index contributed by atoms with van der Waals surface area (Å²) < 4.78 is 10.9. The lowest BCUT2D eigenvalue weighted by atomic mass is 10.1. The predicted molar refractivity (Wildman–Crippen MR) is 76.9 cm³/mol. The summed E-state index contributed by atoms with van der Waals surface area (Å²) in [6.45, 7) is 4.79. The van der Waals surface area contributed by atoms with Crippen LogP contribution in [0.15, 0.2) is 22.7 Å². The fourth-order valence-electron chi connectivity index (χ4n) is 1.74. The minimum Gasteiger partial charge on any atom is -0.485 e. The average molecular weight is 296 g/mol. The first-order valence-electron chi connectivity index (χ1n) is 6.54. The number of aromatic nitrogens is 2. The molecule has 20 heavy (non-hydrogen) atoms. The van der Waals surface area contributed by atoms with Crippen LogP contribution in [0.3, 0.4) is 0 Å². The zero-order valence-corrected chi connectivity index (χ0v) is 12.4. The van der Waals surface area contributed by atoms with Gasteiger partial charge in [0.2, 0.25) is 11.7 Å². The second-order valence-corrected chi connectivity index (χ2v) is 5.22. The molecule has 1 heterocycles. The van der Waals surface area contributed by atoms with Crippen LogP contribution in [0, 0.1) is 0 Å². The normalized spacial score (nSPS) is 11.1. The quantitative estimate of drug-likeness (QED) is 0.887. The molecular formula is C14H18ClN3O2. The second kappa shape index (κ2) is 6.72. The molecule has 2 N–H and O–H groups in total. The molecule has 2 aromatic rings. The molecule has 0 saturated heterocycles. The van der Waals surface area contributed by atoms with Gasteiger partial charge in [-0.2, -0.15) is 4.98 Å². The Labute approximate surface area is 123 Å². The van der Waals surface area contributed by atoms with Gasteiger partial charge in [-0.25, -0.2) is 0 Å². The van der Waals surface area contributed by atoms with E-state index in [1.165, 1.54) is 0 Å². The minimum absolute atomic E-state index is 0.208. The van der Waals surface area contributed by atoms with Crippen LogP contribution in [0.25, 0.3) is 0 Å². The van der Waals surface area contributed by atoms with Gasteiger partial charge < -0.3 is 15.0 Å². The lowest BCUT2D eigenvalue weighted by Crippen LogP contribution is -2.06. The van der Waals surface area contributed by atoms with E-state index in [1.807, 2.05) is 26.0 Å². The van der Waals surface area contributed by atoms with Crippen LogP contribution in [0.1, 0.15) is 37.0 Å². The fourth-order valence-corrected chi connectivity index (χ4v) is 1.94. The molecule has 0 aliphatic heterocycles. The predicted octanol–water partition coefficient (Wildman–Crippen LogP) is 2.93. The Morgan fingerprint density at radius 1 is 1.40 bits per heavy atom. The van der Waals surface area contributed by atoms with E-state index < -0.39 is 0 Å². The molecule has 6 heteroatoms. The molecule has 0 radical (unpaired) electrons. The van der Waals surface area contributed by atoms with Crippen molar-refractivity contribution in [2.75, 3.05) is 6.54 Å². The lowest BCUT2D eigenvalue weighted by Gasteiger charge is -2.09. The standard InChI is InChI=1S/C14H18ClN3O2/c1-9(2)14-17-13(18-20-14)8-19-12-4-3-11(15)7-10(12)5-6-16/h3-4,7,9H,5-6,8,16H2,1-2H3. The summed E-state index contributed by atoms with van der Waals surface area (Å²) in [6.07, 6.45) is 0.708.